The molecule has 17 heavy (non-hydrogen) atoms. The summed E-state index contributed by atoms with van der Waals surface area (Å²) >= 11 is 0. The van der Waals surface area contributed by atoms with E-state index >= 15 is 0 Å². The van der Waals surface area contributed by atoms with Crippen molar-refractivity contribution in [2.75, 3.05) is 0 Å². The normalized spacial score (nSPS) is 10.8. The smallest absolute Gasteiger partial charge is 0.310 e. The van der Waals surface area contributed by atoms with Crippen LogP contribution in [0.3, 0.4) is 0 Å². The van der Waals surface area contributed by atoms with Crippen LogP contribution in [-0.4, -0.2) is 11.6 Å². The average Bonchev–Trinajstić information content (AvgIpc) is 2.14. The van der Waals surface area contributed by atoms with Crippen LogP contribution >= 0.6 is 0 Å². The van der Waals surface area contributed by atoms with Crippen LogP contribution < -0.4 is 0 Å². The average molecular weight is 235 g/mol. The van der Waals surface area contributed by atoms with E-state index in [-0.39, 0.29) is 12.0 Å². The van der Waals surface area contributed by atoms with Gasteiger partial charge in [0.25, 0.3) is 0 Å². The van der Waals surface area contributed by atoms with Crippen LogP contribution in [0.5, 0.6) is 0 Å². The summed E-state index contributed by atoms with van der Waals surface area (Å²) in [6, 6.07) is 5.65. The van der Waals surface area contributed by atoms with Gasteiger partial charge in [-0.1, -0.05) is 0 Å². The fourth-order valence-electron chi connectivity index (χ4n) is 1.35. The number of esters is 1. The number of carbonyl (C=O) groups excluding carboxylic acids is 1. The molecule has 0 aliphatic rings. The van der Waals surface area contributed by atoms with Gasteiger partial charge in [0, 0.05) is 0 Å². The van der Waals surface area contributed by atoms with Gasteiger partial charge in [-0.15, -0.1) is 0 Å². The third kappa shape index (κ3) is 4.23. The molecule has 0 radical (unpaired) electrons. The monoisotopic (exact) mass is 235 g/mol. The van der Waals surface area contributed by atoms with Crippen LogP contribution in [0.4, 0.5) is 4.39 Å². The van der Waals surface area contributed by atoms with Crippen molar-refractivity contribution >= 4 is 5.97 Å². The molecule has 0 atom stereocenters. The second-order valence-electron chi connectivity index (χ2n) is 4.68. The quantitative estimate of drug-likeness (QED) is 0.740. The van der Waals surface area contributed by atoms with Gasteiger partial charge in [0.1, 0.15) is 11.4 Å². The standard InChI is InChI=1S/C13H14FNO2/c1-13(2,3)17-12(16)7-10-6-11(14)5-4-9(10)8-15/h4-6H,7H2,1-3H3. The Morgan fingerprint density at radius 2 is 2.12 bits per heavy atom. The van der Waals surface area contributed by atoms with Gasteiger partial charge < -0.3 is 4.74 Å². The van der Waals surface area contributed by atoms with Crippen LogP contribution in [0.2, 0.25) is 0 Å². The van der Waals surface area contributed by atoms with E-state index in [2.05, 4.69) is 0 Å². The first-order valence-corrected chi connectivity index (χ1v) is 5.22. The summed E-state index contributed by atoms with van der Waals surface area (Å²) in [5.74, 6) is -0.942. The maximum atomic E-state index is 13.0. The molecule has 0 aliphatic heterocycles. The van der Waals surface area contributed by atoms with E-state index in [1.807, 2.05) is 6.07 Å². The number of hydrogen-bond donors (Lipinski definition) is 0. The van der Waals surface area contributed by atoms with E-state index in [1.54, 1.807) is 20.8 Å². The second-order valence-corrected chi connectivity index (χ2v) is 4.68. The van der Waals surface area contributed by atoms with Crippen molar-refractivity contribution in [2.24, 2.45) is 0 Å². The number of benzene rings is 1. The van der Waals surface area contributed by atoms with Gasteiger partial charge in [0.2, 0.25) is 0 Å². The van der Waals surface area contributed by atoms with E-state index in [0.717, 1.165) is 0 Å². The van der Waals surface area contributed by atoms with Gasteiger partial charge in [0.05, 0.1) is 18.1 Å². The van der Waals surface area contributed by atoms with Crippen molar-refractivity contribution in [1.29, 1.82) is 5.26 Å². The maximum absolute atomic E-state index is 13.0. The summed E-state index contributed by atoms with van der Waals surface area (Å²) in [4.78, 5) is 11.6. The molecule has 1 aromatic carbocycles. The summed E-state index contributed by atoms with van der Waals surface area (Å²) in [6.45, 7) is 5.26. The molecular formula is C13H14FNO2. The fraction of sp³-hybridized carbons (Fsp3) is 0.385. The molecule has 0 N–H and O–H groups in total. The second kappa shape index (κ2) is 4.96. The zero-order valence-electron chi connectivity index (χ0n) is 10.1. The van der Waals surface area contributed by atoms with Crippen molar-refractivity contribution in [2.45, 2.75) is 32.8 Å². The third-order valence-electron chi connectivity index (χ3n) is 1.94. The fourth-order valence-corrected chi connectivity index (χ4v) is 1.35. The Labute approximate surface area is 99.8 Å². The molecule has 0 saturated heterocycles. The Kier molecular flexibility index (Phi) is 3.84. The predicted octanol–water partition coefficient (Wildman–Crippen LogP) is 2.58. The lowest BCUT2D eigenvalue weighted by atomic mass is 10.1. The highest BCUT2D eigenvalue weighted by Crippen LogP contribution is 2.14. The number of halogens is 1. The number of nitrogens with zero attached hydrogens (tertiary/aromatic N) is 1. The summed E-state index contributed by atoms with van der Waals surface area (Å²) in [6.07, 6.45) is -0.0993. The van der Waals surface area contributed by atoms with Crippen molar-refractivity contribution in [3.63, 3.8) is 0 Å². The van der Waals surface area contributed by atoms with E-state index in [0.29, 0.717) is 5.56 Å². The van der Waals surface area contributed by atoms with Gasteiger partial charge >= 0.3 is 5.97 Å². The molecule has 0 aliphatic carbocycles. The first kappa shape index (κ1) is 13.2. The molecule has 1 aromatic rings. The summed E-state index contributed by atoms with van der Waals surface area (Å²) < 4.78 is 18.1. The molecule has 90 valence electrons. The largest absolute Gasteiger partial charge is 0.460 e. The molecule has 0 heterocycles. The zero-order chi connectivity index (χ0) is 13.1. The van der Waals surface area contributed by atoms with Gasteiger partial charge in [-0.2, -0.15) is 5.26 Å². The van der Waals surface area contributed by atoms with Crippen LogP contribution in [0, 0.1) is 17.1 Å². The highest BCUT2D eigenvalue weighted by molar-refractivity contribution is 5.74. The van der Waals surface area contributed by atoms with E-state index in [1.165, 1.54) is 18.2 Å². The van der Waals surface area contributed by atoms with E-state index < -0.39 is 17.4 Å². The molecule has 0 bridgehead atoms. The van der Waals surface area contributed by atoms with Crippen molar-refractivity contribution in [1.82, 2.24) is 0 Å². The molecule has 0 unspecified atom stereocenters. The van der Waals surface area contributed by atoms with Crippen LogP contribution in [0.25, 0.3) is 0 Å². The molecular weight excluding hydrogens is 221 g/mol. The van der Waals surface area contributed by atoms with Crippen LogP contribution in [0.1, 0.15) is 31.9 Å². The maximum Gasteiger partial charge on any atom is 0.310 e. The minimum absolute atomic E-state index is 0.0993. The van der Waals surface area contributed by atoms with Crippen molar-refractivity contribution in [3.05, 3.63) is 35.1 Å². The van der Waals surface area contributed by atoms with Gasteiger partial charge in [0.15, 0.2) is 0 Å². The summed E-state index contributed by atoms with van der Waals surface area (Å²) in [5.41, 5.74) is 0.0519. The number of nitriles is 1. The molecule has 3 nitrogen and oxygen atoms in total. The molecule has 0 saturated carbocycles. The lowest BCUT2D eigenvalue weighted by Crippen LogP contribution is -2.25. The first-order chi connectivity index (χ1) is 7.81. The Morgan fingerprint density at radius 3 is 2.65 bits per heavy atom. The highest BCUT2D eigenvalue weighted by Gasteiger charge is 2.17. The minimum Gasteiger partial charge on any atom is -0.460 e. The molecule has 1 rings (SSSR count). The lowest BCUT2D eigenvalue weighted by molar-refractivity contribution is -0.153. The summed E-state index contributed by atoms with van der Waals surface area (Å²) in [5, 5.41) is 8.83. The molecule has 0 amide bonds. The number of carbonyl (C=O) groups is 1. The first-order valence-electron chi connectivity index (χ1n) is 5.22. The molecule has 4 heteroatoms. The highest BCUT2D eigenvalue weighted by atomic mass is 19.1. The SMILES string of the molecule is CC(C)(C)OC(=O)Cc1cc(F)ccc1C#N. The number of hydrogen-bond acceptors (Lipinski definition) is 3. The Balaban J connectivity index is 2.85. The molecule has 0 spiro atoms. The van der Waals surface area contributed by atoms with Gasteiger partial charge in [-0.3, -0.25) is 4.79 Å². The van der Waals surface area contributed by atoms with Crippen LogP contribution in [0.15, 0.2) is 18.2 Å². The van der Waals surface area contributed by atoms with Crippen LogP contribution in [-0.2, 0) is 16.0 Å². The molecule has 0 aromatic heterocycles. The number of ether oxygens (including phenoxy) is 1. The van der Waals surface area contributed by atoms with Crippen molar-refractivity contribution in [3.8, 4) is 6.07 Å². The molecule has 0 fully saturated rings. The Bertz CT molecular complexity index is 469. The Morgan fingerprint density at radius 1 is 1.47 bits per heavy atom. The third-order valence-corrected chi connectivity index (χ3v) is 1.94. The Hall–Kier alpha value is -1.89. The summed E-state index contributed by atoms with van der Waals surface area (Å²) in [7, 11) is 0. The van der Waals surface area contributed by atoms with Crippen molar-refractivity contribution < 1.29 is 13.9 Å². The topological polar surface area (TPSA) is 50.1 Å². The van der Waals surface area contributed by atoms with E-state index in [4.69, 9.17) is 10.00 Å². The zero-order valence-corrected chi connectivity index (χ0v) is 10.1. The van der Waals surface area contributed by atoms with Gasteiger partial charge in [-0.05, 0) is 44.5 Å². The minimum atomic E-state index is -0.586. The lowest BCUT2D eigenvalue weighted by Gasteiger charge is -2.19. The predicted molar refractivity (Wildman–Crippen MR) is 60.7 cm³/mol. The van der Waals surface area contributed by atoms with Gasteiger partial charge in [-0.25, -0.2) is 4.39 Å². The van der Waals surface area contributed by atoms with E-state index in [9.17, 15) is 9.18 Å². The number of rotatable bonds is 2.